The zero-order chi connectivity index (χ0) is 13.3. The van der Waals surface area contributed by atoms with Crippen LogP contribution in [-0.2, 0) is 10.1 Å². The van der Waals surface area contributed by atoms with E-state index in [9.17, 15) is 8.42 Å². The van der Waals surface area contributed by atoms with Gasteiger partial charge in [0.25, 0.3) is 10.1 Å². The number of hydrogen-bond donors (Lipinski definition) is 2. The van der Waals surface area contributed by atoms with E-state index < -0.39 is 15.5 Å². The van der Waals surface area contributed by atoms with Gasteiger partial charge in [-0.3, -0.25) is 4.55 Å². The molecule has 5 heteroatoms. The van der Waals surface area contributed by atoms with Crippen molar-refractivity contribution in [3.05, 3.63) is 0 Å². The van der Waals surface area contributed by atoms with Crippen LogP contribution >= 0.6 is 0 Å². The first kappa shape index (κ1) is 16.9. The van der Waals surface area contributed by atoms with Crippen molar-refractivity contribution in [1.82, 2.24) is 0 Å². The maximum atomic E-state index is 10.8. The minimum Gasteiger partial charge on any atom is -0.313 e. The van der Waals surface area contributed by atoms with Gasteiger partial charge in [-0.15, -0.1) is 0 Å². The van der Waals surface area contributed by atoms with Gasteiger partial charge in [0, 0.05) is 0 Å². The van der Waals surface area contributed by atoms with Crippen molar-refractivity contribution >= 4 is 10.1 Å². The van der Waals surface area contributed by atoms with E-state index in [1.54, 1.807) is 6.92 Å². The predicted molar refractivity (Wildman–Crippen MR) is 71.3 cm³/mol. The average Bonchev–Trinajstić information content (AvgIpc) is 2.25. The van der Waals surface area contributed by atoms with Crippen LogP contribution < -0.4 is 5.73 Å². The van der Waals surface area contributed by atoms with Crippen LogP contribution in [-0.4, -0.2) is 18.3 Å². The van der Waals surface area contributed by atoms with Gasteiger partial charge in [0.2, 0.25) is 0 Å². The topological polar surface area (TPSA) is 80.4 Å². The van der Waals surface area contributed by atoms with Crippen LogP contribution in [0.3, 0.4) is 0 Å². The summed E-state index contributed by atoms with van der Waals surface area (Å²) < 4.78 is 30.4. The minimum atomic E-state index is -4.08. The Hall–Kier alpha value is -0.130. The average molecular weight is 265 g/mol. The molecule has 0 aromatic carbocycles. The molecule has 0 aromatic rings. The third kappa shape index (κ3) is 8.57. The summed E-state index contributed by atoms with van der Waals surface area (Å²) in [5.41, 5.74) is 5.44. The lowest BCUT2D eigenvalue weighted by molar-refractivity contribution is 0.411. The Morgan fingerprint density at radius 1 is 1.06 bits per heavy atom. The van der Waals surface area contributed by atoms with Gasteiger partial charge in [0.1, 0.15) is 5.37 Å². The van der Waals surface area contributed by atoms with Gasteiger partial charge in [-0.05, 0) is 12.3 Å². The van der Waals surface area contributed by atoms with Gasteiger partial charge in [-0.2, -0.15) is 8.42 Å². The van der Waals surface area contributed by atoms with Crippen molar-refractivity contribution < 1.29 is 13.0 Å². The van der Waals surface area contributed by atoms with Gasteiger partial charge in [-0.25, -0.2) is 0 Å². The molecular weight excluding hydrogens is 238 g/mol. The smallest absolute Gasteiger partial charge is 0.281 e. The maximum Gasteiger partial charge on any atom is 0.281 e. The fourth-order valence-electron chi connectivity index (χ4n) is 1.88. The zero-order valence-electron chi connectivity index (χ0n) is 11.1. The second kappa shape index (κ2) is 8.89. The van der Waals surface area contributed by atoms with Crippen LogP contribution in [0.1, 0.15) is 65.2 Å². The highest BCUT2D eigenvalue weighted by atomic mass is 32.2. The number of rotatable bonds is 10. The Morgan fingerprint density at radius 3 is 2.00 bits per heavy atom. The van der Waals surface area contributed by atoms with E-state index in [-0.39, 0.29) is 5.92 Å². The summed E-state index contributed by atoms with van der Waals surface area (Å²) in [6.45, 7) is 3.97. The fourth-order valence-corrected chi connectivity index (χ4v) is 2.60. The van der Waals surface area contributed by atoms with Gasteiger partial charge >= 0.3 is 0 Å². The summed E-state index contributed by atoms with van der Waals surface area (Å²) in [6, 6.07) is 0. The molecule has 0 saturated heterocycles. The van der Waals surface area contributed by atoms with Crippen LogP contribution in [0.15, 0.2) is 0 Å². The highest BCUT2D eigenvalue weighted by molar-refractivity contribution is 7.86. The quantitative estimate of drug-likeness (QED) is 0.470. The third-order valence-electron chi connectivity index (χ3n) is 3.17. The first-order valence-electron chi connectivity index (χ1n) is 6.61. The number of nitrogens with two attached hydrogens (primary N) is 1. The van der Waals surface area contributed by atoms with E-state index >= 15 is 0 Å². The molecule has 0 radical (unpaired) electrons. The first-order chi connectivity index (χ1) is 7.89. The maximum absolute atomic E-state index is 10.8. The van der Waals surface area contributed by atoms with Crippen molar-refractivity contribution in [1.29, 1.82) is 0 Å². The van der Waals surface area contributed by atoms with E-state index in [2.05, 4.69) is 6.92 Å². The number of unbranched alkanes of at least 4 members (excludes halogenated alkanes) is 6. The molecule has 2 atom stereocenters. The number of hydrogen-bond acceptors (Lipinski definition) is 3. The Morgan fingerprint density at radius 2 is 1.53 bits per heavy atom. The molecule has 0 spiro atoms. The Labute approximate surface area is 106 Å². The predicted octanol–water partition coefficient (Wildman–Crippen LogP) is 2.94. The molecule has 0 aliphatic carbocycles. The zero-order valence-corrected chi connectivity index (χ0v) is 11.9. The van der Waals surface area contributed by atoms with E-state index in [0.717, 1.165) is 19.3 Å². The van der Waals surface area contributed by atoms with E-state index in [1.807, 2.05) is 0 Å². The molecule has 0 saturated carbocycles. The summed E-state index contributed by atoms with van der Waals surface area (Å²) in [5, 5.41) is -1.14. The molecule has 0 rings (SSSR count). The SMILES string of the molecule is CCCCCCCCCC(C)C(N)S(=O)(=O)O. The Balaban J connectivity index is 3.55. The third-order valence-corrected chi connectivity index (χ3v) is 4.32. The molecule has 0 bridgehead atoms. The molecule has 0 aromatic heterocycles. The first-order valence-corrected chi connectivity index (χ1v) is 8.11. The van der Waals surface area contributed by atoms with Crippen molar-refractivity contribution in [2.45, 2.75) is 70.6 Å². The molecule has 0 fully saturated rings. The highest BCUT2D eigenvalue weighted by Gasteiger charge is 2.24. The van der Waals surface area contributed by atoms with Gasteiger partial charge in [0.15, 0.2) is 0 Å². The van der Waals surface area contributed by atoms with Crippen LogP contribution in [0.2, 0.25) is 0 Å². The molecular formula is C12H27NO3S. The van der Waals surface area contributed by atoms with Crippen LogP contribution in [0, 0.1) is 5.92 Å². The Bertz CT molecular complexity index is 277. The second-order valence-electron chi connectivity index (χ2n) is 4.87. The Kier molecular flexibility index (Phi) is 8.82. The lowest BCUT2D eigenvalue weighted by Gasteiger charge is -2.16. The van der Waals surface area contributed by atoms with E-state index in [1.165, 1.54) is 32.1 Å². The monoisotopic (exact) mass is 265 g/mol. The van der Waals surface area contributed by atoms with Crippen molar-refractivity contribution in [3.8, 4) is 0 Å². The standard InChI is InChI=1S/C12H27NO3S/c1-3-4-5-6-7-8-9-10-11(2)12(13)17(14,15)16/h11-12H,3-10,13H2,1-2H3,(H,14,15,16). The molecule has 0 aliphatic rings. The van der Waals surface area contributed by atoms with Crippen molar-refractivity contribution in [2.75, 3.05) is 0 Å². The molecule has 3 N–H and O–H groups in total. The molecule has 0 heterocycles. The van der Waals surface area contributed by atoms with E-state index in [4.69, 9.17) is 10.3 Å². The summed E-state index contributed by atoms with van der Waals surface area (Å²) in [7, 11) is -4.08. The van der Waals surface area contributed by atoms with Gasteiger partial charge < -0.3 is 5.73 Å². The second-order valence-corrected chi connectivity index (χ2v) is 6.44. The summed E-state index contributed by atoms with van der Waals surface area (Å²) >= 11 is 0. The van der Waals surface area contributed by atoms with Gasteiger partial charge in [-0.1, -0.05) is 58.8 Å². The largest absolute Gasteiger partial charge is 0.313 e. The highest BCUT2D eigenvalue weighted by Crippen LogP contribution is 2.16. The lowest BCUT2D eigenvalue weighted by Crippen LogP contribution is -2.36. The van der Waals surface area contributed by atoms with Crippen molar-refractivity contribution in [2.24, 2.45) is 11.7 Å². The van der Waals surface area contributed by atoms with Gasteiger partial charge in [0.05, 0.1) is 0 Å². The summed E-state index contributed by atoms with van der Waals surface area (Å²) in [5.74, 6) is -0.180. The molecule has 104 valence electrons. The molecule has 0 amide bonds. The summed E-state index contributed by atoms with van der Waals surface area (Å²) in [6.07, 6.45) is 9.15. The van der Waals surface area contributed by atoms with Crippen molar-refractivity contribution in [3.63, 3.8) is 0 Å². The minimum absolute atomic E-state index is 0.180. The lowest BCUT2D eigenvalue weighted by atomic mass is 10.0. The molecule has 4 nitrogen and oxygen atoms in total. The summed E-state index contributed by atoms with van der Waals surface area (Å²) in [4.78, 5) is 0. The fraction of sp³-hybridized carbons (Fsp3) is 1.00. The van der Waals surface area contributed by atoms with Crippen LogP contribution in [0.4, 0.5) is 0 Å². The molecule has 2 unspecified atom stereocenters. The molecule has 0 aliphatic heterocycles. The molecule has 17 heavy (non-hydrogen) atoms. The van der Waals surface area contributed by atoms with Crippen LogP contribution in [0.25, 0.3) is 0 Å². The van der Waals surface area contributed by atoms with E-state index in [0.29, 0.717) is 0 Å². The normalized spacial score (nSPS) is 15.8. The van der Waals surface area contributed by atoms with Crippen LogP contribution in [0.5, 0.6) is 0 Å².